The van der Waals surface area contributed by atoms with Crippen molar-refractivity contribution in [3.8, 4) is 17.2 Å². The quantitative estimate of drug-likeness (QED) is 0.626. The molecule has 0 spiro atoms. The molecule has 0 bridgehead atoms. The minimum Gasteiger partial charge on any atom is -0.504 e. The van der Waals surface area contributed by atoms with Gasteiger partial charge in [0.25, 0.3) is 5.75 Å². The van der Waals surface area contributed by atoms with Crippen molar-refractivity contribution in [1.82, 2.24) is 0 Å². The second-order valence-corrected chi connectivity index (χ2v) is 3.58. The lowest BCUT2D eigenvalue weighted by Crippen LogP contribution is -2.04. The van der Waals surface area contributed by atoms with Crippen molar-refractivity contribution in [2.24, 2.45) is 0 Å². The molecule has 6 heteroatoms. The van der Waals surface area contributed by atoms with Crippen molar-refractivity contribution < 1.29 is 24.1 Å². The predicted octanol–water partition coefficient (Wildman–Crippen LogP) is 1.39. The second-order valence-electron chi connectivity index (χ2n) is 3.58. The number of hydrogen-bond donors (Lipinski definition) is 2. The van der Waals surface area contributed by atoms with E-state index in [0.29, 0.717) is 11.1 Å². The molecule has 0 aliphatic rings. The van der Waals surface area contributed by atoms with Crippen LogP contribution in [0.1, 0.15) is 0 Å². The van der Waals surface area contributed by atoms with E-state index in [0.717, 1.165) is 6.26 Å². The Hall–Kier alpha value is -2.47. The van der Waals surface area contributed by atoms with Gasteiger partial charge < -0.3 is 24.1 Å². The van der Waals surface area contributed by atoms with Gasteiger partial charge in [-0.05, 0) is 12.1 Å². The molecule has 19 heavy (non-hydrogen) atoms. The van der Waals surface area contributed by atoms with Gasteiger partial charge in [-0.25, -0.2) is 4.79 Å². The lowest BCUT2D eigenvalue weighted by Gasteiger charge is -2.07. The van der Waals surface area contributed by atoms with E-state index in [4.69, 9.17) is 19.0 Å². The van der Waals surface area contributed by atoms with E-state index in [1.165, 1.54) is 12.1 Å². The molecular formula is C13H12O6. The minimum atomic E-state index is -0.816. The standard InChI is InChI=1S/C13H12O6/c1-2-17-12-11(15)9-4-3-8(18-6-5-14)7-10(9)19-13(12)16/h2-4,7,14-15H,1,5-6H2. The fraction of sp³-hybridized carbons (Fsp3) is 0.154. The molecule has 1 aromatic carbocycles. The molecule has 2 N–H and O–H groups in total. The van der Waals surface area contributed by atoms with Crippen LogP contribution in [0.15, 0.2) is 40.3 Å². The fourth-order valence-electron chi connectivity index (χ4n) is 1.59. The van der Waals surface area contributed by atoms with Crippen LogP contribution >= 0.6 is 0 Å². The van der Waals surface area contributed by atoms with E-state index in [1.54, 1.807) is 6.07 Å². The van der Waals surface area contributed by atoms with Crippen molar-refractivity contribution in [3.63, 3.8) is 0 Å². The summed E-state index contributed by atoms with van der Waals surface area (Å²) in [4.78, 5) is 11.6. The SMILES string of the molecule is C=COc1c(O)c2ccc(OCCO)cc2oc1=O. The van der Waals surface area contributed by atoms with Crippen molar-refractivity contribution in [2.75, 3.05) is 13.2 Å². The lowest BCUT2D eigenvalue weighted by atomic mass is 10.2. The number of rotatable bonds is 5. The molecule has 2 aromatic rings. The number of aliphatic hydroxyl groups is 1. The summed E-state index contributed by atoms with van der Waals surface area (Å²) in [5, 5.41) is 18.9. The third-order valence-corrected chi connectivity index (χ3v) is 2.37. The molecule has 0 aliphatic carbocycles. The molecule has 100 valence electrons. The van der Waals surface area contributed by atoms with Crippen LogP contribution in [0.3, 0.4) is 0 Å². The van der Waals surface area contributed by atoms with Crippen LogP contribution in [-0.4, -0.2) is 23.4 Å². The van der Waals surface area contributed by atoms with Crippen molar-refractivity contribution in [2.45, 2.75) is 0 Å². The molecule has 0 atom stereocenters. The Balaban J connectivity index is 2.53. The summed E-state index contributed by atoms with van der Waals surface area (Å²) in [6, 6.07) is 4.55. The van der Waals surface area contributed by atoms with Crippen molar-refractivity contribution >= 4 is 11.0 Å². The maximum absolute atomic E-state index is 11.6. The average molecular weight is 264 g/mol. The third-order valence-electron chi connectivity index (χ3n) is 2.37. The first kappa shape index (κ1) is 13.0. The summed E-state index contributed by atoms with van der Waals surface area (Å²) in [5.74, 6) is -0.215. The zero-order valence-corrected chi connectivity index (χ0v) is 9.96. The topological polar surface area (TPSA) is 89.1 Å². The highest BCUT2D eigenvalue weighted by atomic mass is 16.5. The molecular weight excluding hydrogens is 252 g/mol. The van der Waals surface area contributed by atoms with Crippen LogP contribution in [0.25, 0.3) is 11.0 Å². The molecule has 2 rings (SSSR count). The number of ether oxygens (including phenoxy) is 2. The molecule has 0 aliphatic heterocycles. The highest BCUT2D eigenvalue weighted by Crippen LogP contribution is 2.33. The molecule has 6 nitrogen and oxygen atoms in total. The summed E-state index contributed by atoms with van der Waals surface area (Å²) in [6.45, 7) is 3.31. The lowest BCUT2D eigenvalue weighted by molar-refractivity contribution is 0.201. The maximum atomic E-state index is 11.6. The van der Waals surface area contributed by atoms with Gasteiger partial charge in [0.15, 0.2) is 5.75 Å². The van der Waals surface area contributed by atoms with Gasteiger partial charge in [-0.2, -0.15) is 0 Å². The monoisotopic (exact) mass is 264 g/mol. The fourth-order valence-corrected chi connectivity index (χ4v) is 1.59. The Morgan fingerprint density at radius 1 is 1.42 bits per heavy atom. The first-order valence-electron chi connectivity index (χ1n) is 5.48. The van der Waals surface area contributed by atoms with E-state index in [-0.39, 0.29) is 30.3 Å². The Morgan fingerprint density at radius 2 is 2.21 bits per heavy atom. The minimum absolute atomic E-state index is 0.124. The summed E-state index contributed by atoms with van der Waals surface area (Å²) in [7, 11) is 0. The van der Waals surface area contributed by atoms with Gasteiger partial charge in [-0.15, -0.1) is 0 Å². The molecule has 1 aromatic heterocycles. The van der Waals surface area contributed by atoms with Gasteiger partial charge in [-0.1, -0.05) is 6.58 Å². The van der Waals surface area contributed by atoms with Gasteiger partial charge in [0, 0.05) is 6.07 Å². The smallest absolute Gasteiger partial charge is 0.383 e. The number of hydrogen-bond acceptors (Lipinski definition) is 6. The number of benzene rings is 1. The molecule has 0 fully saturated rings. The highest BCUT2D eigenvalue weighted by molar-refractivity contribution is 5.86. The van der Waals surface area contributed by atoms with Gasteiger partial charge in [0.1, 0.15) is 17.9 Å². The average Bonchev–Trinajstić information content (AvgIpc) is 2.41. The van der Waals surface area contributed by atoms with Crippen LogP contribution < -0.4 is 15.1 Å². The molecule has 0 radical (unpaired) electrons. The molecule has 0 amide bonds. The Bertz CT molecular complexity index is 658. The van der Waals surface area contributed by atoms with E-state index < -0.39 is 5.63 Å². The molecule has 0 saturated carbocycles. The largest absolute Gasteiger partial charge is 0.504 e. The molecule has 1 heterocycles. The van der Waals surface area contributed by atoms with E-state index in [2.05, 4.69) is 6.58 Å². The van der Waals surface area contributed by atoms with Crippen molar-refractivity contribution in [1.29, 1.82) is 0 Å². The Morgan fingerprint density at radius 3 is 2.89 bits per heavy atom. The van der Waals surface area contributed by atoms with Crippen LogP contribution in [0.4, 0.5) is 0 Å². The number of aliphatic hydroxyl groups excluding tert-OH is 1. The van der Waals surface area contributed by atoms with Crippen LogP contribution in [-0.2, 0) is 0 Å². The van der Waals surface area contributed by atoms with Gasteiger partial charge >= 0.3 is 5.63 Å². The van der Waals surface area contributed by atoms with Gasteiger partial charge in [0.05, 0.1) is 18.3 Å². The van der Waals surface area contributed by atoms with Crippen LogP contribution in [0.5, 0.6) is 17.2 Å². The zero-order chi connectivity index (χ0) is 13.8. The van der Waals surface area contributed by atoms with Crippen molar-refractivity contribution in [3.05, 3.63) is 41.5 Å². The first-order valence-corrected chi connectivity index (χ1v) is 5.48. The summed E-state index contributed by atoms with van der Waals surface area (Å²) < 4.78 is 15.0. The third kappa shape index (κ3) is 2.53. The predicted molar refractivity (Wildman–Crippen MR) is 67.6 cm³/mol. The van der Waals surface area contributed by atoms with E-state index in [1.807, 2.05) is 0 Å². The van der Waals surface area contributed by atoms with Crippen LogP contribution in [0, 0.1) is 0 Å². The summed E-state index contributed by atoms with van der Waals surface area (Å²) in [5.41, 5.74) is -0.654. The zero-order valence-electron chi connectivity index (χ0n) is 9.96. The summed E-state index contributed by atoms with van der Waals surface area (Å²) in [6.07, 6.45) is 1.02. The highest BCUT2D eigenvalue weighted by Gasteiger charge is 2.15. The van der Waals surface area contributed by atoms with Gasteiger partial charge in [0.2, 0.25) is 0 Å². The molecule has 0 saturated heterocycles. The van der Waals surface area contributed by atoms with E-state index >= 15 is 0 Å². The maximum Gasteiger partial charge on any atom is 0.383 e. The molecule has 0 unspecified atom stereocenters. The van der Waals surface area contributed by atoms with Crippen LogP contribution in [0.2, 0.25) is 0 Å². The first-order chi connectivity index (χ1) is 9.17. The Kier molecular flexibility index (Phi) is 3.72. The number of fused-ring (bicyclic) bond motifs is 1. The van der Waals surface area contributed by atoms with Gasteiger partial charge in [-0.3, -0.25) is 0 Å². The number of aromatic hydroxyl groups is 1. The Labute approximate surface area is 108 Å². The summed E-state index contributed by atoms with van der Waals surface area (Å²) >= 11 is 0. The van der Waals surface area contributed by atoms with E-state index in [9.17, 15) is 9.90 Å². The second kappa shape index (κ2) is 5.45. The normalized spacial score (nSPS) is 10.4.